The third-order valence-electron chi connectivity index (χ3n) is 8.55. The highest BCUT2D eigenvalue weighted by molar-refractivity contribution is 7.86. The number of hydrogen-bond acceptors (Lipinski definition) is 4. The van der Waals surface area contributed by atoms with Crippen molar-refractivity contribution in [2.24, 2.45) is 0 Å². The monoisotopic (exact) mass is 592 g/mol. The number of likely N-dealkylation sites (tertiary alicyclic amines) is 1. The third kappa shape index (κ3) is 14.9. The Kier molecular flexibility index (Phi) is 18.4. The quantitative estimate of drug-likeness (QED) is 0.0994. The highest BCUT2D eigenvalue weighted by Gasteiger charge is 2.29. The van der Waals surface area contributed by atoms with Crippen molar-refractivity contribution in [1.82, 2.24) is 9.80 Å². The molecule has 1 fully saturated rings. The van der Waals surface area contributed by atoms with E-state index in [2.05, 4.69) is 6.92 Å². The molecule has 236 valence electrons. The Balaban J connectivity index is 1.53. The van der Waals surface area contributed by atoms with Crippen LogP contribution >= 0.6 is 0 Å². The average Bonchev–Trinajstić information content (AvgIpc) is 2.97. The number of amides is 2. The maximum absolute atomic E-state index is 13.2. The first-order chi connectivity index (χ1) is 19.8. The van der Waals surface area contributed by atoms with Gasteiger partial charge in [0.05, 0.1) is 11.5 Å². The number of rotatable bonds is 22. The number of unbranched alkanes of at least 4 members (excludes halogenated alkanes) is 15. The number of hydrogen-bond donors (Lipinski definition) is 0. The zero-order valence-corrected chi connectivity index (χ0v) is 27.4. The molecule has 7 heteroatoms. The molecule has 1 atom stereocenters. The van der Waals surface area contributed by atoms with E-state index in [1.807, 2.05) is 23.8 Å². The summed E-state index contributed by atoms with van der Waals surface area (Å²) >= 11 is 0. The largest absolute Gasteiger partial charge is 0.328 e. The lowest BCUT2D eigenvalue weighted by Crippen LogP contribution is -2.49. The van der Waals surface area contributed by atoms with Crippen molar-refractivity contribution in [3.05, 3.63) is 29.8 Å². The number of carbonyl (C=O) groups excluding carboxylic acids is 1. The Labute approximate surface area is 252 Å². The van der Waals surface area contributed by atoms with Crippen molar-refractivity contribution in [3.8, 4) is 0 Å². The predicted octanol–water partition coefficient (Wildman–Crippen LogP) is 9.26. The van der Waals surface area contributed by atoms with Gasteiger partial charge in [0, 0.05) is 26.2 Å². The SMILES string of the molecule is CCCCCCCCCCCCCCCCCCN(C)C(=O)N1CCCCC1CCOS(=O)(=O)c1ccc(C)cc1. The number of urea groups is 1. The summed E-state index contributed by atoms with van der Waals surface area (Å²) in [5.74, 6) is 0. The molecule has 1 aliphatic rings. The smallest absolute Gasteiger partial charge is 0.319 e. The van der Waals surface area contributed by atoms with E-state index in [1.165, 1.54) is 96.3 Å². The van der Waals surface area contributed by atoms with Crippen LogP contribution in [-0.4, -0.2) is 57.0 Å². The predicted molar refractivity (Wildman–Crippen MR) is 171 cm³/mol. The highest BCUT2D eigenvalue weighted by Crippen LogP contribution is 2.23. The van der Waals surface area contributed by atoms with Crippen molar-refractivity contribution in [2.45, 2.75) is 153 Å². The van der Waals surface area contributed by atoms with E-state index < -0.39 is 10.1 Å². The molecule has 0 N–H and O–H groups in total. The molecule has 1 heterocycles. The number of nitrogens with zero attached hydrogens (tertiary/aromatic N) is 2. The molecule has 1 unspecified atom stereocenters. The van der Waals surface area contributed by atoms with Crippen LogP contribution < -0.4 is 0 Å². The molecular formula is C34H60N2O4S. The summed E-state index contributed by atoms with van der Waals surface area (Å²) in [6.07, 6.45) is 25.0. The molecule has 6 nitrogen and oxygen atoms in total. The first-order valence-corrected chi connectivity index (χ1v) is 18.2. The normalized spacial score (nSPS) is 15.8. The van der Waals surface area contributed by atoms with Gasteiger partial charge in [0.2, 0.25) is 0 Å². The van der Waals surface area contributed by atoms with Crippen LogP contribution in [0.3, 0.4) is 0 Å². The maximum atomic E-state index is 13.2. The van der Waals surface area contributed by atoms with Gasteiger partial charge < -0.3 is 9.80 Å². The van der Waals surface area contributed by atoms with E-state index in [1.54, 1.807) is 24.3 Å². The van der Waals surface area contributed by atoms with Crippen molar-refractivity contribution in [2.75, 3.05) is 26.7 Å². The van der Waals surface area contributed by atoms with Gasteiger partial charge in [-0.2, -0.15) is 8.42 Å². The maximum Gasteiger partial charge on any atom is 0.319 e. The lowest BCUT2D eigenvalue weighted by atomic mass is 10.00. The second-order valence-corrected chi connectivity index (χ2v) is 13.8. The summed E-state index contributed by atoms with van der Waals surface area (Å²) in [7, 11) is -1.88. The van der Waals surface area contributed by atoms with Crippen molar-refractivity contribution < 1.29 is 17.4 Å². The van der Waals surface area contributed by atoms with Crippen molar-refractivity contribution in [1.29, 1.82) is 0 Å². The van der Waals surface area contributed by atoms with E-state index in [0.717, 1.165) is 44.3 Å². The van der Waals surface area contributed by atoms with Gasteiger partial charge in [-0.1, -0.05) is 121 Å². The minimum atomic E-state index is -3.78. The molecule has 2 amide bonds. The number of benzene rings is 1. The minimum absolute atomic E-state index is 0.0257. The molecule has 0 aromatic heterocycles. The summed E-state index contributed by atoms with van der Waals surface area (Å²) in [6, 6.07) is 6.79. The molecule has 0 radical (unpaired) electrons. The van der Waals surface area contributed by atoms with Gasteiger partial charge in [0.25, 0.3) is 10.1 Å². The van der Waals surface area contributed by atoms with Crippen molar-refractivity contribution >= 4 is 16.1 Å². The lowest BCUT2D eigenvalue weighted by molar-refractivity contribution is 0.111. The Morgan fingerprint density at radius 3 is 1.88 bits per heavy atom. The van der Waals surface area contributed by atoms with Crippen LogP contribution in [0.2, 0.25) is 0 Å². The lowest BCUT2D eigenvalue weighted by Gasteiger charge is -2.38. The fraction of sp³-hybridized carbons (Fsp3) is 0.794. The first-order valence-electron chi connectivity index (χ1n) is 16.8. The molecule has 0 bridgehead atoms. The van der Waals surface area contributed by atoms with Crippen LogP contribution in [0.5, 0.6) is 0 Å². The number of piperidine rings is 1. The number of aryl methyl sites for hydroxylation is 1. The minimum Gasteiger partial charge on any atom is -0.328 e. The van der Waals surface area contributed by atoms with E-state index in [0.29, 0.717) is 6.42 Å². The van der Waals surface area contributed by atoms with Gasteiger partial charge in [0.15, 0.2) is 0 Å². The summed E-state index contributed by atoms with van der Waals surface area (Å²) in [5, 5.41) is 0. The number of carbonyl (C=O) groups is 1. The molecule has 0 spiro atoms. The van der Waals surface area contributed by atoms with Crippen LogP contribution in [0.4, 0.5) is 4.79 Å². The fourth-order valence-corrected chi connectivity index (χ4v) is 6.75. The molecule has 1 aromatic carbocycles. The summed E-state index contributed by atoms with van der Waals surface area (Å²) in [6.45, 7) is 5.80. The zero-order chi connectivity index (χ0) is 29.8. The van der Waals surface area contributed by atoms with Gasteiger partial charge in [-0.15, -0.1) is 0 Å². The topological polar surface area (TPSA) is 66.9 Å². The Morgan fingerprint density at radius 1 is 0.829 bits per heavy atom. The molecule has 1 saturated heterocycles. The van der Waals surface area contributed by atoms with Gasteiger partial charge in [0.1, 0.15) is 0 Å². The Hall–Kier alpha value is -1.60. The average molecular weight is 593 g/mol. The molecule has 2 rings (SSSR count). The van der Waals surface area contributed by atoms with Gasteiger partial charge >= 0.3 is 6.03 Å². The standard InChI is InChI=1S/C34H60N2O4S/c1-4-5-6-7-8-9-10-11-12-13-14-15-16-17-18-20-28-35(3)34(37)36-29-21-19-22-32(36)27-30-40-41(38,39)33-25-23-31(2)24-26-33/h23-26,32H,4-22,27-30H2,1-3H3. The summed E-state index contributed by atoms with van der Waals surface area (Å²) < 4.78 is 30.4. The van der Waals surface area contributed by atoms with Crippen LogP contribution in [0.25, 0.3) is 0 Å². The van der Waals surface area contributed by atoms with E-state index >= 15 is 0 Å². The molecule has 0 aliphatic carbocycles. The third-order valence-corrected chi connectivity index (χ3v) is 9.87. The molecule has 0 saturated carbocycles. The Morgan fingerprint density at radius 2 is 1.34 bits per heavy atom. The van der Waals surface area contributed by atoms with Crippen LogP contribution in [0, 0.1) is 6.92 Å². The van der Waals surface area contributed by atoms with Gasteiger partial charge in [-0.25, -0.2) is 4.79 Å². The second-order valence-electron chi connectivity index (χ2n) is 12.2. The molecule has 41 heavy (non-hydrogen) atoms. The molecular weight excluding hydrogens is 532 g/mol. The van der Waals surface area contributed by atoms with Crippen molar-refractivity contribution in [3.63, 3.8) is 0 Å². The van der Waals surface area contributed by atoms with Gasteiger partial charge in [-0.3, -0.25) is 4.18 Å². The zero-order valence-electron chi connectivity index (χ0n) is 26.6. The highest BCUT2D eigenvalue weighted by atomic mass is 32.2. The van der Waals surface area contributed by atoms with E-state index in [9.17, 15) is 13.2 Å². The molecule has 1 aliphatic heterocycles. The van der Waals surface area contributed by atoms with Crippen LogP contribution in [-0.2, 0) is 14.3 Å². The van der Waals surface area contributed by atoms with Gasteiger partial charge in [-0.05, 0) is 51.2 Å². The van der Waals surface area contributed by atoms with Crippen LogP contribution in [0.1, 0.15) is 141 Å². The summed E-state index contributed by atoms with van der Waals surface area (Å²) in [5.41, 5.74) is 1.00. The fourth-order valence-electron chi connectivity index (χ4n) is 5.83. The second kappa shape index (κ2) is 21.1. The van der Waals surface area contributed by atoms with E-state index in [-0.39, 0.29) is 23.6 Å². The molecule has 1 aromatic rings. The summed E-state index contributed by atoms with van der Waals surface area (Å²) in [4.78, 5) is 17.2. The Bertz CT molecular complexity index is 919. The first kappa shape index (κ1) is 35.6. The van der Waals surface area contributed by atoms with E-state index in [4.69, 9.17) is 4.18 Å². The van der Waals surface area contributed by atoms with Crippen LogP contribution in [0.15, 0.2) is 29.2 Å².